The lowest BCUT2D eigenvalue weighted by atomic mass is 10.0. The Morgan fingerprint density at radius 3 is 1.57 bits per heavy atom. The Hall–Kier alpha value is -0.980. The molecule has 0 bridgehead atoms. The van der Waals surface area contributed by atoms with Crippen LogP contribution in [0.5, 0.6) is 0 Å². The Bertz CT molecular complexity index is 288. The predicted molar refractivity (Wildman–Crippen MR) is 105 cm³/mol. The van der Waals surface area contributed by atoms with E-state index in [2.05, 4.69) is 25.2 Å². The Kier molecular flexibility index (Phi) is 20.1. The van der Waals surface area contributed by atoms with Crippen molar-refractivity contribution in [2.24, 2.45) is 0 Å². The smallest absolute Gasteiger partial charge is 0.0824 e. The molecule has 0 amide bonds. The summed E-state index contributed by atoms with van der Waals surface area (Å²) in [5.41, 5.74) is 0. The fourth-order valence-corrected chi connectivity index (χ4v) is 2.71. The van der Waals surface area contributed by atoms with Gasteiger partial charge in [0.15, 0.2) is 0 Å². The highest BCUT2D eigenvalue weighted by Crippen LogP contribution is 2.12. The summed E-state index contributed by atoms with van der Waals surface area (Å²) in [6.07, 6.45) is 31.7. The minimum atomic E-state index is 1.20. The molecule has 0 aliphatic heterocycles. The van der Waals surface area contributed by atoms with Gasteiger partial charge < -0.3 is 4.74 Å². The number of ether oxygens (including phenoxy) is 1. The molecule has 0 fully saturated rings. The third-order valence-corrected chi connectivity index (χ3v) is 4.16. The van der Waals surface area contributed by atoms with Gasteiger partial charge in [-0.25, -0.2) is 0 Å². The molecule has 0 aromatic heterocycles. The molecule has 0 rings (SSSR count). The molecule has 1 nitrogen and oxygen atoms in total. The second-order valence-corrected chi connectivity index (χ2v) is 6.41. The summed E-state index contributed by atoms with van der Waals surface area (Å²) >= 11 is 0. The number of hydrogen-bond donors (Lipinski definition) is 0. The van der Waals surface area contributed by atoms with E-state index in [4.69, 9.17) is 4.74 Å². The van der Waals surface area contributed by atoms with Gasteiger partial charge in [-0.1, -0.05) is 108 Å². The summed E-state index contributed by atoms with van der Waals surface area (Å²) in [5, 5.41) is 0. The molecule has 0 heterocycles. The molecule has 0 radical (unpaired) electrons. The largest absolute Gasteiger partial charge is 0.504 e. The Labute approximate surface area is 145 Å². The van der Waals surface area contributed by atoms with E-state index in [1.165, 1.54) is 89.9 Å². The Balaban J connectivity index is 3.12. The molecule has 0 saturated carbocycles. The molecule has 134 valence electrons. The maximum Gasteiger partial charge on any atom is 0.0824 e. The van der Waals surface area contributed by atoms with E-state index in [0.717, 1.165) is 0 Å². The van der Waals surface area contributed by atoms with Gasteiger partial charge >= 0.3 is 0 Å². The van der Waals surface area contributed by atoms with Crippen molar-refractivity contribution in [3.05, 3.63) is 36.6 Å². The quantitative estimate of drug-likeness (QED) is 0.151. The van der Waals surface area contributed by atoms with Crippen LogP contribution in [0.1, 0.15) is 96.8 Å². The van der Waals surface area contributed by atoms with Crippen molar-refractivity contribution in [1.29, 1.82) is 0 Å². The highest BCUT2D eigenvalue weighted by molar-refractivity contribution is 5.09. The van der Waals surface area contributed by atoms with Crippen molar-refractivity contribution in [3.8, 4) is 0 Å². The van der Waals surface area contributed by atoms with E-state index in [-0.39, 0.29) is 0 Å². The summed E-state index contributed by atoms with van der Waals surface area (Å²) in [6.45, 7) is 2.29. The van der Waals surface area contributed by atoms with Crippen molar-refractivity contribution in [1.82, 2.24) is 0 Å². The molecule has 0 unspecified atom stereocenters. The summed E-state index contributed by atoms with van der Waals surface area (Å²) < 4.78 is 4.82. The lowest BCUT2D eigenvalue weighted by Gasteiger charge is -2.02. The molecule has 0 aromatic rings. The van der Waals surface area contributed by atoms with Gasteiger partial charge in [0.1, 0.15) is 0 Å². The summed E-state index contributed by atoms with van der Waals surface area (Å²) in [7, 11) is 1.66. The zero-order chi connectivity index (χ0) is 16.8. The summed E-state index contributed by atoms with van der Waals surface area (Å²) in [4.78, 5) is 0. The highest BCUT2D eigenvalue weighted by Gasteiger charge is 1.93. The molecule has 0 N–H and O–H groups in total. The van der Waals surface area contributed by atoms with Crippen molar-refractivity contribution in [2.75, 3.05) is 7.11 Å². The maximum absolute atomic E-state index is 4.82. The van der Waals surface area contributed by atoms with Crippen LogP contribution in [-0.2, 0) is 4.74 Å². The molecule has 0 aromatic carbocycles. The van der Waals surface area contributed by atoms with Gasteiger partial charge in [-0.15, -0.1) is 0 Å². The van der Waals surface area contributed by atoms with E-state index in [1.54, 1.807) is 13.4 Å². The van der Waals surface area contributed by atoms with Crippen LogP contribution in [0.2, 0.25) is 0 Å². The van der Waals surface area contributed by atoms with E-state index in [1.807, 2.05) is 12.2 Å². The van der Waals surface area contributed by atoms with Crippen molar-refractivity contribution in [3.63, 3.8) is 0 Å². The van der Waals surface area contributed by atoms with Gasteiger partial charge in [0.25, 0.3) is 0 Å². The van der Waals surface area contributed by atoms with Gasteiger partial charge in [0, 0.05) is 0 Å². The van der Waals surface area contributed by atoms with E-state index >= 15 is 0 Å². The molecule has 0 aliphatic carbocycles. The Morgan fingerprint density at radius 2 is 1.04 bits per heavy atom. The average Bonchev–Trinajstić information content (AvgIpc) is 2.57. The first-order valence-electron chi connectivity index (χ1n) is 9.93. The highest BCUT2D eigenvalue weighted by atomic mass is 16.5. The van der Waals surface area contributed by atoms with Crippen LogP contribution in [0.15, 0.2) is 36.6 Å². The molecule has 0 aliphatic rings. The third-order valence-electron chi connectivity index (χ3n) is 4.16. The zero-order valence-electron chi connectivity index (χ0n) is 15.8. The monoisotopic (exact) mass is 320 g/mol. The normalized spacial score (nSPS) is 12.1. The van der Waals surface area contributed by atoms with Gasteiger partial charge in [-0.05, 0) is 18.9 Å². The second-order valence-electron chi connectivity index (χ2n) is 6.41. The minimum absolute atomic E-state index is 1.20. The first-order chi connectivity index (χ1) is 11.4. The number of allylic oxidation sites excluding steroid dienone is 5. The lowest BCUT2D eigenvalue weighted by molar-refractivity contribution is 0.338. The van der Waals surface area contributed by atoms with Crippen LogP contribution in [0.4, 0.5) is 0 Å². The molecular formula is C22H40O. The predicted octanol–water partition coefficient (Wildman–Crippen LogP) is 7.74. The van der Waals surface area contributed by atoms with Crippen LogP contribution in [-0.4, -0.2) is 7.11 Å². The molecule has 1 heteroatoms. The topological polar surface area (TPSA) is 9.23 Å². The lowest BCUT2D eigenvalue weighted by Crippen LogP contribution is -1.82. The number of hydrogen-bond acceptors (Lipinski definition) is 1. The zero-order valence-corrected chi connectivity index (χ0v) is 15.8. The van der Waals surface area contributed by atoms with Gasteiger partial charge in [0.05, 0.1) is 13.4 Å². The van der Waals surface area contributed by atoms with Crippen LogP contribution in [0, 0.1) is 0 Å². The third kappa shape index (κ3) is 21.0. The van der Waals surface area contributed by atoms with Crippen molar-refractivity contribution < 1.29 is 4.74 Å². The van der Waals surface area contributed by atoms with Crippen molar-refractivity contribution >= 4 is 0 Å². The standard InChI is InChI=1S/C22H40O/c1-3-4-5-6-7-8-9-10-11-12-13-14-15-16-17-18-19-20-21-22-23-2/h17-22H,3-16H2,1-2H3/b18-17+,20-19+,22-21+. The fraction of sp³-hybridized carbons (Fsp3) is 0.727. The van der Waals surface area contributed by atoms with E-state index in [9.17, 15) is 0 Å². The van der Waals surface area contributed by atoms with Gasteiger partial charge in [-0.3, -0.25) is 0 Å². The number of methoxy groups -OCH3 is 1. The summed E-state index contributed by atoms with van der Waals surface area (Å²) in [5.74, 6) is 0. The molecule has 23 heavy (non-hydrogen) atoms. The van der Waals surface area contributed by atoms with Crippen LogP contribution >= 0.6 is 0 Å². The SMILES string of the molecule is CCCCCCCCCCCCCCC/C=C/C=C/C=C/OC. The van der Waals surface area contributed by atoms with Crippen molar-refractivity contribution in [2.45, 2.75) is 96.8 Å². The number of rotatable bonds is 17. The maximum atomic E-state index is 4.82. The van der Waals surface area contributed by atoms with E-state index in [0.29, 0.717) is 0 Å². The van der Waals surface area contributed by atoms with Gasteiger partial charge in [-0.2, -0.15) is 0 Å². The second kappa shape index (κ2) is 21.0. The van der Waals surface area contributed by atoms with Crippen LogP contribution in [0.3, 0.4) is 0 Å². The molecule has 0 spiro atoms. The van der Waals surface area contributed by atoms with Crippen LogP contribution in [0.25, 0.3) is 0 Å². The van der Waals surface area contributed by atoms with Gasteiger partial charge in [0.2, 0.25) is 0 Å². The van der Waals surface area contributed by atoms with Crippen LogP contribution < -0.4 is 0 Å². The molecule has 0 saturated heterocycles. The molecular weight excluding hydrogens is 280 g/mol. The molecule has 0 atom stereocenters. The summed E-state index contributed by atoms with van der Waals surface area (Å²) in [6, 6.07) is 0. The van der Waals surface area contributed by atoms with E-state index < -0.39 is 0 Å². The Morgan fingerprint density at radius 1 is 0.565 bits per heavy atom. The minimum Gasteiger partial charge on any atom is -0.504 e. The number of unbranched alkanes of at least 4 members (excludes halogenated alkanes) is 13. The average molecular weight is 321 g/mol. The fourth-order valence-electron chi connectivity index (χ4n) is 2.71. The first-order valence-corrected chi connectivity index (χ1v) is 9.93. The first kappa shape index (κ1) is 22.0.